The van der Waals surface area contributed by atoms with E-state index in [2.05, 4.69) is 50.5 Å². The van der Waals surface area contributed by atoms with E-state index in [1.54, 1.807) is 40.8 Å². The highest BCUT2D eigenvalue weighted by Crippen LogP contribution is 2.45. The number of aryl methyl sites for hydroxylation is 1. The number of hydrogen-bond donors (Lipinski definition) is 1. The first-order valence-electron chi connectivity index (χ1n) is 14.3. The number of aromatic nitrogens is 6. The van der Waals surface area contributed by atoms with Crippen LogP contribution in [0.4, 0.5) is 5.82 Å². The van der Waals surface area contributed by atoms with Gasteiger partial charge in [-0.3, -0.25) is 9.48 Å². The maximum absolute atomic E-state index is 12.9. The molecule has 1 saturated carbocycles. The Morgan fingerprint density at radius 3 is 2.51 bits per heavy atom. The molecule has 3 atom stereocenters. The zero-order valence-electron chi connectivity index (χ0n) is 24.2. The van der Waals surface area contributed by atoms with Crippen molar-refractivity contribution in [3.63, 3.8) is 0 Å². The van der Waals surface area contributed by atoms with Gasteiger partial charge in [0.15, 0.2) is 0 Å². The van der Waals surface area contributed by atoms with E-state index >= 15 is 0 Å². The summed E-state index contributed by atoms with van der Waals surface area (Å²) in [6.07, 6.45) is 10.7. The molecular formula is C32H31N9O2. The fourth-order valence-corrected chi connectivity index (χ4v) is 6.78. The largest absolute Gasteiger partial charge is 0.481 e. The van der Waals surface area contributed by atoms with Gasteiger partial charge < -0.3 is 15.0 Å². The molecular weight excluding hydrogens is 542 g/mol. The van der Waals surface area contributed by atoms with Gasteiger partial charge >= 0.3 is 0 Å². The first-order chi connectivity index (χ1) is 20.8. The van der Waals surface area contributed by atoms with E-state index in [-0.39, 0.29) is 11.4 Å². The van der Waals surface area contributed by atoms with Gasteiger partial charge in [0.1, 0.15) is 11.9 Å². The number of rotatable bonds is 6. The minimum Gasteiger partial charge on any atom is -0.481 e. The van der Waals surface area contributed by atoms with Crippen LogP contribution < -0.4 is 15.0 Å². The Kier molecular flexibility index (Phi) is 6.34. The van der Waals surface area contributed by atoms with Crippen LogP contribution in [0, 0.1) is 23.2 Å². The van der Waals surface area contributed by atoms with Gasteiger partial charge in [-0.2, -0.15) is 15.5 Å². The summed E-state index contributed by atoms with van der Waals surface area (Å²) >= 11 is 0. The number of methoxy groups -OCH3 is 1. The van der Waals surface area contributed by atoms with Crippen molar-refractivity contribution >= 4 is 17.2 Å². The molecule has 0 aromatic carbocycles. The molecule has 1 N–H and O–H groups in total. The summed E-state index contributed by atoms with van der Waals surface area (Å²) in [5.74, 6) is 2.26. The number of nitrogens with one attached hydrogen (secondary N) is 1. The van der Waals surface area contributed by atoms with Gasteiger partial charge in [-0.25, -0.2) is 14.5 Å². The number of amides is 1. The van der Waals surface area contributed by atoms with Crippen LogP contribution in [-0.4, -0.2) is 61.0 Å². The summed E-state index contributed by atoms with van der Waals surface area (Å²) in [5.41, 5.74) is 5.06. The summed E-state index contributed by atoms with van der Waals surface area (Å²) in [6.45, 7) is 3.93. The number of hydrogen-bond acceptors (Lipinski definition) is 8. The van der Waals surface area contributed by atoms with E-state index in [1.807, 2.05) is 37.8 Å². The molecule has 1 amide bonds. The van der Waals surface area contributed by atoms with Gasteiger partial charge in [-0.15, -0.1) is 0 Å². The summed E-state index contributed by atoms with van der Waals surface area (Å²) in [4.78, 5) is 24.3. The van der Waals surface area contributed by atoms with Crippen LogP contribution in [0.1, 0.15) is 35.7 Å². The average molecular weight is 574 g/mol. The smallest absolute Gasteiger partial charge is 0.253 e. The molecule has 5 aromatic heterocycles. The second-order valence-electron chi connectivity index (χ2n) is 11.8. The van der Waals surface area contributed by atoms with Crippen molar-refractivity contribution in [3.8, 4) is 34.3 Å². The number of nitriles is 1. The van der Waals surface area contributed by atoms with E-state index in [9.17, 15) is 10.1 Å². The summed E-state index contributed by atoms with van der Waals surface area (Å²) < 4.78 is 8.61. The number of fused-ring (bicyclic) bond motifs is 2. The summed E-state index contributed by atoms with van der Waals surface area (Å²) in [6, 6.07) is 13.8. The monoisotopic (exact) mass is 573 g/mol. The molecule has 1 aliphatic carbocycles. The van der Waals surface area contributed by atoms with Gasteiger partial charge in [0.2, 0.25) is 5.88 Å². The SMILES string of the molecule is COc1ccc(C(=O)NC2(C)C[C@H]3CN(c4ccc(-c5cc(-c6ccn(C)n6)cn6ncc(C#N)c56)cn4)C[C@H]3C2)cn1. The Morgan fingerprint density at radius 1 is 1.07 bits per heavy atom. The van der Waals surface area contributed by atoms with Crippen molar-refractivity contribution in [2.75, 3.05) is 25.1 Å². The maximum Gasteiger partial charge on any atom is 0.253 e. The number of ether oxygens (including phenoxy) is 1. The maximum atomic E-state index is 12.9. The number of carbonyl (C=O) groups is 1. The van der Waals surface area contributed by atoms with Crippen LogP contribution in [0.5, 0.6) is 5.88 Å². The van der Waals surface area contributed by atoms with E-state index in [0.717, 1.165) is 59.7 Å². The third kappa shape index (κ3) is 4.84. The predicted octanol–water partition coefficient (Wildman–Crippen LogP) is 4.11. The molecule has 6 heterocycles. The van der Waals surface area contributed by atoms with Crippen molar-refractivity contribution < 1.29 is 9.53 Å². The third-order valence-corrected chi connectivity index (χ3v) is 8.75. The Bertz CT molecular complexity index is 1850. The van der Waals surface area contributed by atoms with E-state index in [0.29, 0.717) is 28.8 Å². The highest BCUT2D eigenvalue weighted by atomic mass is 16.5. The predicted molar refractivity (Wildman–Crippen MR) is 160 cm³/mol. The lowest BCUT2D eigenvalue weighted by atomic mass is 9.97. The Labute approximate surface area is 248 Å². The topological polar surface area (TPSA) is 126 Å². The zero-order chi connectivity index (χ0) is 29.7. The standard InChI is InChI=1S/C32H31N9O2/c1-32(37-31(42)21-5-7-29(43-3)35-15-21)11-23-17-40(18-24(23)12-32)28-6-4-20(14-34-28)26-10-22(27-8-9-39(2)38-27)19-41-30(26)25(13-33)16-36-41/h4-10,14-16,19,23-24H,11-12,17-18H2,1-3H3,(H,37,42)/t23-,24+,32?. The minimum atomic E-state index is -0.261. The van der Waals surface area contributed by atoms with Crippen LogP contribution in [0.15, 0.2) is 67.4 Å². The zero-order valence-corrected chi connectivity index (χ0v) is 24.2. The summed E-state index contributed by atoms with van der Waals surface area (Å²) in [7, 11) is 3.44. The minimum absolute atomic E-state index is 0.106. The quantitative estimate of drug-likeness (QED) is 0.322. The molecule has 1 aliphatic heterocycles. The number of pyridine rings is 3. The van der Waals surface area contributed by atoms with Crippen LogP contribution in [0.3, 0.4) is 0 Å². The van der Waals surface area contributed by atoms with Crippen LogP contribution in [-0.2, 0) is 7.05 Å². The Morgan fingerprint density at radius 2 is 1.88 bits per heavy atom. The molecule has 5 aromatic rings. The van der Waals surface area contributed by atoms with Crippen LogP contribution in [0.25, 0.3) is 27.9 Å². The van der Waals surface area contributed by atoms with Crippen LogP contribution >= 0.6 is 0 Å². The fraction of sp³-hybridized carbons (Fsp3) is 0.312. The van der Waals surface area contributed by atoms with Gasteiger partial charge in [-0.1, -0.05) is 0 Å². The second kappa shape index (κ2) is 10.2. The highest BCUT2D eigenvalue weighted by Gasteiger charge is 2.47. The normalized spacial score (nSPS) is 21.1. The molecule has 1 saturated heterocycles. The fourth-order valence-electron chi connectivity index (χ4n) is 6.78. The highest BCUT2D eigenvalue weighted by molar-refractivity contribution is 5.94. The van der Waals surface area contributed by atoms with E-state index in [4.69, 9.17) is 9.72 Å². The molecule has 7 rings (SSSR count). The van der Waals surface area contributed by atoms with Crippen molar-refractivity contribution in [1.29, 1.82) is 5.26 Å². The molecule has 216 valence electrons. The van der Waals surface area contributed by atoms with Crippen molar-refractivity contribution in [3.05, 3.63) is 78.5 Å². The lowest BCUT2D eigenvalue weighted by Crippen LogP contribution is -2.45. The molecule has 0 bridgehead atoms. The van der Waals surface area contributed by atoms with E-state index < -0.39 is 0 Å². The molecule has 2 fully saturated rings. The van der Waals surface area contributed by atoms with Gasteiger partial charge in [0.05, 0.1) is 35.6 Å². The molecule has 0 spiro atoms. The lowest BCUT2D eigenvalue weighted by molar-refractivity contribution is 0.0904. The van der Waals surface area contributed by atoms with Crippen molar-refractivity contribution in [1.82, 2.24) is 34.7 Å². The molecule has 11 nitrogen and oxygen atoms in total. The molecule has 2 aliphatic rings. The van der Waals surface area contributed by atoms with Gasteiger partial charge in [-0.05, 0) is 61.9 Å². The van der Waals surface area contributed by atoms with Crippen molar-refractivity contribution in [2.24, 2.45) is 18.9 Å². The number of anilines is 1. The molecule has 43 heavy (non-hydrogen) atoms. The number of carbonyl (C=O) groups excluding carboxylic acids is 1. The molecule has 1 unspecified atom stereocenters. The Balaban J connectivity index is 1.07. The number of nitrogens with zero attached hydrogens (tertiary/aromatic N) is 8. The van der Waals surface area contributed by atoms with Crippen molar-refractivity contribution in [2.45, 2.75) is 25.3 Å². The second-order valence-corrected chi connectivity index (χ2v) is 11.8. The van der Waals surface area contributed by atoms with Gasteiger partial charge in [0.25, 0.3) is 5.91 Å². The first-order valence-corrected chi connectivity index (χ1v) is 14.3. The molecule has 0 radical (unpaired) electrons. The third-order valence-electron chi connectivity index (χ3n) is 8.75. The average Bonchev–Trinajstić information content (AvgIpc) is 3.79. The Hall–Kier alpha value is -5.24. The summed E-state index contributed by atoms with van der Waals surface area (Å²) in [5, 5.41) is 22.0. The van der Waals surface area contributed by atoms with E-state index in [1.165, 1.54) is 0 Å². The first kappa shape index (κ1) is 26.6. The lowest BCUT2D eigenvalue weighted by Gasteiger charge is -2.29. The van der Waals surface area contributed by atoms with Gasteiger partial charge in [0, 0.05) is 73.2 Å². The van der Waals surface area contributed by atoms with Crippen LogP contribution in [0.2, 0.25) is 0 Å². The molecule has 11 heteroatoms.